The Balaban J connectivity index is 1.18. The van der Waals surface area contributed by atoms with Crippen molar-refractivity contribution in [1.29, 1.82) is 0 Å². The van der Waals surface area contributed by atoms with Crippen LogP contribution in [0.4, 0.5) is 0 Å². The van der Waals surface area contributed by atoms with E-state index in [0.29, 0.717) is 5.82 Å². The molecule has 0 aliphatic heterocycles. The topological polar surface area (TPSA) is 25.8 Å². The average molecular weight is 743 g/mol. The molecular formula is C54H34N2S. The fraction of sp³-hybridized carbons (Fsp3) is 0. The Kier molecular flexibility index (Phi) is 8.04. The minimum atomic E-state index is 0.697. The maximum atomic E-state index is 5.37. The van der Waals surface area contributed by atoms with E-state index in [2.05, 4.69) is 200 Å². The molecule has 0 fully saturated rings. The van der Waals surface area contributed by atoms with Gasteiger partial charge in [-0.15, -0.1) is 11.3 Å². The number of aromatic nitrogens is 2. The van der Waals surface area contributed by atoms with E-state index in [1.807, 2.05) is 17.4 Å². The summed E-state index contributed by atoms with van der Waals surface area (Å²) in [6.45, 7) is 0. The van der Waals surface area contributed by atoms with Gasteiger partial charge in [0.2, 0.25) is 0 Å². The number of hydrogen-bond acceptors (Lipinski definition) is 3. The summed E-state index contributed by atoms with van der Waals surface area (Å²) >= 11 is 1.85. The molecule has 0 unspecified atom stereocenters. The smallest absolute Gasteiger partial charge is 0.160 e. The molecule has 2 heterocycles. The van der Waals surface area contributed by atoms with Crippen LogP contribution in [0.5, 0.6) is 0 Å². The molecular weight excluding hydrogens is 709 g/mol. The van der Waals surface area contributed by atoms with Crippen molar-refractivity contribution in [2.75, 3.05) is 0 Å². The lowest BCUT2D eigenvalue weighted by Crippen LogP contribution is -1.97. The summed E-state index contributed by atoms with van der Waals surface area (Å²) in [5, 5.41) is 7.38. The normalized spacial score (nSPS) is 11.5. The van der Waals surface area contributed by atoms with E-state index < -0.39 is 0 Å². The third-order valence-electron chi connectivity index (χ3n) is 11.1. The predicted octanol–water partition coefficient (Wildman–Crippen LogP) is 15.2. The molecule has 2 aromatic heterocycles. The Bertz CT molecular complexity index is 3290. The highest BCUT2D eigenvalue weighted by Crippen LogP contribution is 2.42. The maximum Gasteiger partial charge on any atom is 0.160 e. The summed E-state index contributed by atoms with van der Waals surface area (Å²) in [5.41, 5.74) is 11.9. The van der Waals surface area contributed by atoms with Crippen molar-refractivity contribution < 1.29 is 0 Å². The van der Waals surface area contributed by atoms with E-state index in [4.69, 9.17) is 9.97 Å². The molecule has 0 aliphatic rings. The lowest BCUT2D eigenvalue weighted by atomic mass is 9.90. The number of benzene rings is 9. The average Bonchev–Trinajstić information content (AvgIpc) is 3.67. The molecule has 0 spiro atoms. The third-order valence-corrected chi connectivity index (χ3v) is 12.2. The van der Waals surface area contributed by atoms with Gasteiger partial charge in [0.25, 0.3) is 0 Å². The van der Waals surface area contributed by atoms with Gasteiger partial charge in [0, 0.05) is 36.9 Å². The van der Waals surface area contributed by atoms with Crippen molar-refractivity contribution in [2.24, 2.45) is 0 Å². The summed E-state index contributed by atoms with van der Waals surface area (Å²) in [4.78, 5) is 10.7. The van der Waals surface area contributed by atoms with Crippen LogP contribution in [0.25, 0.3) is 109 Å². The number of hydrogen-bond donors (Lipinski definition) is 0. The number of rotatable bonds is 6. The molecule has 0 N–H and O–H groups in total. The second-order valence-electron chi connectivity index (χ2n) is 14.5. The lowest BCUT2D eigenvalue weighted by Gasteiger charge is -2.16. The van der Waals surface area contributed by atoms with Crippen molar-refractivity contribution in [3.05, 3.63) is 206 Å². The zero-order chi connectivity index (χ0) is 37.7. The van der Waals surface area contributed by atoms with Crippen molar-refractivity contribution in [1.82, 2.24) is 9.97 Å². The van der Waals surface area contributed by atoms with Crippen LogP contribution in [-0.2, 0) is 0 Å². The molecule has 2 nitrogen and oxygen atoms in total. The van der Waals surface area contributed by atoms with Gasteiger partial charge in [-0.2, -0.15) is 0 Å². The first kappa shape index (κ1) is 33.2. The predicted molar refractivity (Wildman–Crippen MR) is 243 cm³/mol. The van der Waals surface area contributed by atoms with E-state index in [-0.39, 0.29) is 0 Å². The van der Waals surface area contributed by atoms with Gasteiger partial charge >= 0.3 is 0 Å². The summed E-state index contributed by atoms with van der Waals surface area (Å²) in [6.07, 6.45) is 0. The maximum absolute atomic E-state index is 5.37. The van der Waals surface area contributed by atoms with Gasteiger partial charge in [0.15, 0.2) is 5.82 Å². The molecule has 9 aromatic carbocycles. The van der Waals surface area contributed by atoms with Crippen LogP contribution in [0.15, 0.2) is 206 Å². The Morgan fingerprint density at radius 1 is 0.281 bits per heavy atom. The molecule has 3 heteroatoms. The van der Waals surface area contributed by atoms with Gasteiger partial charge < -0.3 is 0 Å². The van der Waals surface area contributed by atoms with Crippen LogP contribution < -0.4 is 0 Å². The summed E-state index contributed by atoms with van der Waals surface area (Å²) in [6, 6.07) is 74.1. The molecule has 0 saturated carbocycles. The van der Waals surface area contributed by atoms with Crippen molar-refractivity contribution in [3.8, 4) is 67.3 Å². The second kappa shape index (κ2) is 13.8. The highest BCUT2D eigenvalue weighted by Gasteiger charge is 2.18. The quantitative estimate of drug-likeness (QED) is 0.159. The molecule has 11 aromatic rings. The van der Waals surface area contributed by atoms with Gasteiger partial charge in [0.05, 0.1) is 11.4 Å². The Labute approximate surface area is 335 Å². The second-order valence-corrected chi connectivity index (χ2v) is 15.6. The van der Waals surface area contributed by atoms with E-state index in [9.17, 15) is 0 Å². The lowest BCUT2D eigenvalue weighted by molar-refractivity contribution is 1.19. The molecule has 266 valence electrons. The van der Waals surface area contributed by atoms with Crippen molar-refractivity contribution in [3.63, 3.8) is 0 Å². The van der Waals surface area contributed by atoms with E-state index in [0.717, 1.165) is 39.2 Å². The third kappa shape index (κ3) is 5.97. The molecule has 0 atom stereocenters. The van der Waals surface area contributed by atoms with Crippen LogP contribution in [0.3, 0.4) is 0 Å². The van der Waals surface area contributed by atoms with Gasteiger partial charge in [-0.05, 0) is 103 Å². The van der Waals surface area contributed by atoms with Crippen molar-refractivity contribution >= 4 is 53.1 Å². The molecule has 0 saturated heterocycles. The van der Waals surface area contributed by atoms with E-state index in [1.165, 1.54) is 64.0 Å². The molecule has 11 rings (SSSR count). The first-order chi connectivity index (χ1) is 28.2. The van der Waals surface area contributed by atoms with Crippen molar-refractivity contribution in [2.45, 2.75) is 0 Å². The van der Waals surface area contributed by atoms with Gasteiger partial charge in [-0.1, -0.05) is 158 Å². The first-order valence-electron chi connectivity index (χ1n) is 19.3. The zero-order valence-electron chi connectivity index (χ0n) is 30.9. The van der Waals surface area contributed by atoms with Crippen LogP contribution >= 0.6 is 11.3 Å². The highest BCUT2D eigenvalue weighted by molar-refractivity contribution is 7.25. The van der Waals surface area contributed by atoms with Gasteiger partial charge in [0.1, 0.15) is 0 Å². The largest absolute Gasteiger partial charge is 0.228 e. The van der Waals surface area contributed by atoms with E-state index >= 15 is 0 Å². The molecule has 0 aliphatic carbocycles. The molecule has 0 bridgehead atoms. The number of fused-ring (bicyclic) bond motifs is 6. The molecule has 57 heavy (non-hydrogen) atoms. The minimum absolute atomic E-state index is 0.697. The SMILES string of the molecule is c1ccc(-c2nc(-c3cc(-c4ccc5sc6ccccc6c5c4)cc(-c4ccccc4-c4ccccc4)c3)cc(-c3cc4ccccc4c4ccccc34)n2)cc1. The Morgan fingerprint density at radius 3 is 1.67 bits per heavy atom. The minimum Gasteiger partial charge on any atom is -0.228 e. The van der Waals surface area contributed by atoms with E-state index in [1.54, 1.807) is 0 Å². The monoisotopic (exact) mass is 742 g/mol. The number of nitrogens with zero attached hydrogens (tertiary/aromatic N) is 2. The first-order valence-corrected chi connectivity index (χ1v) is 20.1. The van der Waals surface area contributed by atoms with Crippen LogP contribution in [0.2, 0.25) is 0 Å². The summed E-state index contributed by atoms with van der Waals surface area (Å²) < 4.78 is 2.60. The fourth-order valence-corrected chi connectivity index (χ4v) is 9.41. The zero-order valence-corrected chi connectivity index (χ0v) is 31.7. The molecule has 0 radical (unpaired) electrons. The Hall–Kier alpha value is -7.20. The summed E-state index contributed by atoms with van der Waals surface area (Å²) in [5.74, 6) is 0.697. The Morgan fingerprint density at radius 2 is 0.860 bits per heavy atom. The van der Waals surface area contributed by atoms with Crippen LogP contribution in [0, 0.1) is 0 Å². The highest BCUT2D eigenvalue weighted by atomic mass is 32.1. The van der Waals surface area contributed by atoms with Gasteiger partial charge in [-0.25, -0.2) is 9.97 Å². The standard InChI is InChI=1S/C54H34N2S/c1-3-15-35(16-4-1)42-20-9-10-22-44(42)40-29-39(37-27-28-53-49(32-37)47-25-13-14-26-52(47)57-53)30-41(31-40)50-34-51(56-54(55-50)36-17-5-2-6-18-36)48-33-38-19-7-8-21-43(38)45-23-11-12-24-46(45)48/h1-34H. The summed E-state index contributed by atoms with van der Waals surface area (Å²) in [7, 11) is 0. The fourth-order valence-electron chi connectivity index (χ4n) is 8.32. The van der Waals surface area contributed by atoms with Crippen LogP contribution in [0.1, 0.15) is 0 Å². The number of thiophene rings is 1. The van der Waals surface area contributed by atoms with Crippen LogP contribution in [-0.4, -0.2) is 9.97 Å². The van der Waals surface area contributed by atoms with Gasteiger partial charge in [-0.3, -0.25) is 0 Å². The molecule has 0 amide bonds.